The highest BCUT2D eigenvalue weighted by atomic mass is 19.1. The van der Waals surface area contributed by atoms with Crippen LogP contribution in [0.2, 0.25) is 0 Å². The average molecular weight is 182 g/mol. The summed E-state index contributed by atoms with van der Waals surface area (Å²) < 4.78 is 12.8. The van der Waals surface area contributed by atoms with Crippen LogP contribution in [0.4, 0.5) is 4.39 Å². The largest absolute Gasteiger partial charge is 0.207 e. The standard InChI is InChI=1S/C12H19F/c1-6-11(13)7-8-12(9(2)3)10(4)5/h6-9H,1-5H3/b8-7-,11-6-. The van der Waals surface area contributed by atoms with Crippen molar-refractivity contribution in [1.29, 1.82) is 0 Å². The molecule has 0 bridgehead atoms. The first kappa shape index (κ1) is 12.2. The van der Waals surface area contributed by atoms with Crippen LogP contribution in [0.1, 0.15) is 34.6 Å². The molecule has 13 heavy (non-hydrogen) atoms. The lowest BCUT2D eigenvalue weighted by molar-refractivity contribution is 0.664. The number of allylic oxidation sites excluding steroid dienone is 6. The normalized spacial score (nSPS) is 12.7. The molecular weight excluding hydrogens is 163 g/mol. The van der Waals surface area contributed by atoms with Gasteiger partial charge < -0.3 is 0 Å². The van der Waals surface area contributed by atoms with Gasteiger partial charge in [-0.3, -0.25) is 0 Å². The van der Waals surface area contributed by atoms with Gasteiger partial charge in [0.25, 0.3) is 0 Å². The van der Waals surface area contributed by atoms with Crippen molar-refractivity contribution in [3.63, 3.8) is 0 Å². The summed E-state index contributed by atoms with van der Waals surface area (Å²) in [6.45, 7) is 10.0. The molecule has 0 atom stereocenters. The van der Waals surface area contributed by atoms with Crippen LogP contribution in [0.3, 0.4) is 0 Å². The van der Waals surface area contributed by atoms with E-state index in [-0.39, 0.29) is 5.83 Å². The van der Waals surface area contributed by atoms with Crippen molar-refractivity contribution in [2.24, 2.45) is 5.92 Å². The minimum Gasteiger partial charge on any atom is -0.207 e. The molecule has 0 N–H and O–H groups in total. The Bertz CT molecular complexity index is 238. The molecule has 0 saturated carbocycles. The van der Waals surface area contributed by atoms with E-state index in [1.54, 1.807) is 6.92 Å². The van der Waals surface area contributed by atoms with Gasteiger partial charge in [0.2, 0.25) is 0 Å². The zero-order valence-electron chi connectivity index (χ0n) is 9.19. The van der Waals surface area contributed by atoms with Crippen LogP contribution in [-0.4, -0.2) is 0 Å². The summed E-state index contributed by atoms with van der Waals surface area (Å²) in [7, 11) is 0. The first-order valence-corrected chi connectivity index (χ1v) is 4.66. The molecule has 0 radical (unpaired) electrons. The Hall–Kier alpha value is -0.850. The Labute approximate surface area is 80.9 Å². The van der Waals surface area contributed by atoms with E-state index in [4.69, 9.17) is 0 Å². The molecule has 0 saturated heterocycles. The second-order valence-corrected chi connectivity index (χ2v) is 3.62. The number of hydrogen-bond donors (Lipinski definition) is 0. The van der Waals surface area contributed by atoms with Crippen LogP contribution in [0.5, 0.6) is 0 Å². The lowest BCUT2D eigenvalue weighted by Gasteiger charge is -2.08. The lowest BCUT2D eigenvalue weighted by Crippen LogP contribution is -1.92. The fourth-order valence-corrected chi connectivity index (χ4v) is 1.20. The first-order valence-electron chi connectivity index (χ1n) is 4.66. The Balaban J connectivity index is 4.66. The van der Waals surface area contributed by atoms with Crippen LogP contribution in [0.25, 0.3) is 0 Å². The Morgan fingerprint density at radius 1 is 1.15 bits per heavy atom. The molecule has 0 aliphatic carbocycles. The van der Waals surface area contributed by atoms with E-state index in [0.717, 1.165) is 0 Å². The van der Waals surface area contributed by atoms with Gasteiger partial charge in [0.05, 0.1) is 0 Å². The molecule has 0 aromatic heterocycles. The van der Waals surface area contributed by atoms with Crippen LogP contribution < -0.4 is 0 Å². The van der Waals surface area contributed by atoms with E-state index in [1.165, 1.54) is 23.3 Å². The van der Waals surface area contributed by atoms with E-state index >= 15 is 0 Å². The third-order valence-corrected chi connectivity index (χ3v) is 1.90. The van der Waals surface area contributed by atoms with Crippen molar-refractivity contribution in [3.8, 4) is 0 Å². The second kappa shape index (κ2) is 5.74. The van der Waals surface area contributed by atoms with Crippen molar-refractivity contribution in [1.82, 2.24) is 0 Å². The highest BCUT2D eigenvalue weighted by molar-refractivity contribution is 5.29. The smallest absolute Gasteiger partial charge is 0.118 e. The molecule has 0 aliphatic heterocycles. The topological polar surface area (TPSA) is 0 Å². The van der Waals surface area contributed by atoms with Gasteiger partial charge in [0.1, 0.15) is 5.83 Å². The van der Waals surface area contributed by atoms with Crippen molar-refractivity contribution in [3.05, 3.63) is 35.2 Å². The van der Waals surface area contributed by atoms with Gasteiger partial charge in [-0.1, -0.05) is 31.6 Å². The number of hydrogen-bond acceptors (Lipinski definition) is 0. The molecule has 0 aliphatic rings. The van der Waals surface area contributed by atoms with E-state index in [1.807, 2.05) is 19.9 Å². The summed E-state index contributed by atoms with van der Waals surface area (Å²) in [6.07, 6.45) is 4.83. The number of rotatable bonds is 3. The average Bonchev–Trinajstić information content (AvgIpc) is 2.03. The monoisotopic (exact) mass is 182 g/mol. The van der Waals surface area contributed by atoms with Gasteiger partial charge in [-0.05, 0) is 38.3 Å². The quantitative estimate of drug-likeness (QED) is 0.567. The summed E-state index contributed by atoms with van der Waals surface area (Å²) in [5, 5.41) is 0. The molecule has 0 spiro atoms. The molecule has 74 valence electrons. The Kier molecular flexibility index (Phi) is 5.36. The summed E-state index contributed by atoms with van der Waals surface area (Å²) in [4.78, 5) is 0. The Morgan fingerprint density at radius 3 is 2.00 bits per heavy atom. The molecule has 0 heterocycles. The molecule has 0 fully saturated rings. The Morgan fingerprint density at radius 2 is 1.69 bits per heavy atom. The molecule has 0 nitrogen and oxygen atoms in total. The van der Waals surface area contributed by atoms with Crippen molar-refractivity contribution >= 4 is 0 Å². The predicted octanol–water partition coefficient (Wildman–Crippen LogP) is 4.41. The maximum absolute atomic E-state index is 12.8. The van der Waals surface area contributed by atoms with Crippen LogP contribution in [-0.2, 0) is 0 Å². The second-order valence-electron chi connectivity index (χ2n) is 3.62. The van der Waals surface area contributed by atoms with Crippen LogP contribution in [0.15, 0.2) is 35.2 Å². The zero-order chi connectivity index (χ0) is 10.4. The van der Waals surface area contributed by atoms with E-state index in [0.29, 0.717) is 5.92 Å². The maximum Gasteiger partial charge on any atom is 0.118 e. The SMILES string of the molecule is C/C=C(F)/C=C\C(=C(C)C)C(C)C. The lowest BCUT2D eigenvalue weighted by atomic mass is 9.98. The van der Waals surface area contributed by atoms with E-state index in [2.05, 4.69) is 13.8 Å². The highest BCUT2D eigenvalue weighted by Gasteiger charge is 2.00. The summed E-state index contributed by atoms with van der Waals surface area (Å²) in [6, 6.07) is 0. The van der Waals surface area contributed by atoms with E-state index in [9.17, 15) is 4.39 Å². The molecular formula is C12H19F. The highest BCUT2D eigenvalue weighted by Crippen LogP contribution is 2.16. The van der Waals surface area contributed by atoms with Gasteiger partial charge in [-0.15, -0.1) is 0 Å². The minimum atomic E-state index is -0.181. The number of halogens is 1. The molecule has 0 unspecified atom stereocenters. The third kappa shape index (κ3) is 4.66. The van der Waals surface area contributed by atoms with Crippen molar-refractivity contribution in [2.75, 3.05) is 0 Å². The van der Waals surface area contributed by atoms with Crippen LogP contribution >= 0.6 is 0 Å². The van der Waals surface area contributed by atoms with Gasteiger partial charge >= 0.3 is 0 Å². The van der Waals surface area contributed by atoms with Gasteiger partial charge in [-0.25, -0.2) is 4.39 Å². The third-order valence-electron chi connectivity index (χ3n) is 1.90. The molecule has 0 aromatic carbocycles. The van der Waals surface area contributed by atoms with Crippen LogP contribution in [0, 0.1) is 5.92 Å². The molecule has 0 rings (SSSR count). The first-order chi connectivity index (χ1) is 5.99. The fraction of sp³-hybridized carbons (Fsp3) is 0.500. The van der Waals surface area contributed by atoms with Gasteiger partial charge in [-0.2, -0.15) is 0 Å². The summed E-state index contributed by atoms with van der Waals surface area (Å²) in [5.74, 6) is 0.269. The maximum atomic E-state index is 12.8. The fourth-order valence-electron chi connectivity index (χ4n) is 1.20. The van der Waals surface area contributed by atoms with Crippen molar-refractivity contribution in [2.45, 2.75) is 34.6 Å². The molecule has 0 amide bonds. The van der Waals surface area contributed by atoms with Gasteiger partial charge in [0.15, 0.2) is 0 Å². The zero-order valence-corrected chi connectivity index (χ0v) is 9.19. The molecule has 0 aromatic rings. The summed E-state index contributed by atoms with van der Waals surface area (Å²) in [5.41, 5.74) is 2.45. The predicted molar refractivity (Wildman–Crippen MR) is 57.2 cm³/mol. The molecule has 1 heteroatoms. The van der Waals surface area contributed by atoms with E-state index < -0.39 is 0 Å². The minimum absolute atomic E-state index is 0.181. The van der Waals surface area contributed by atoms with Crippen molar-refractivity contribution < 1.29 is 4.39 Å². The summed E-state index contributed by atoms with van der Waals surface area (Å²) >= 11 is 0. The van der Waals surface area contributed by atoms with Gasteiger partial charge in [0, 0.05) is 0 Å².